The molecule has 0 aliphatic carbocycles. The molecule has 1 aromatic carbocycles. The van der Waals surface area contributed by atoms with Gasteiger partial charge in [-0.05, 0) is 30.3 Å². The fourth-order valence-electron chi connectivity index (χ4n) is 2.93. The van der Waals surface area contributed by atoms with Gasteiger partial charge in [0.25, 0.3) is 0 Å². The van der Waals surface area contributed by atoms with E-state index >= 15 is 0 Å². The molecule has 0 unspecified atom stereocenters. The van der Waals surface area contributed by atoms with Crippen molar-refractivity contribution >= 4 is 42.5 Å². The summed E-state index contributed by atoms with van der Waals surface area (Å²) in [6.07, 6.45) is 3.61. The van der Waals surface area contributed by atoms with Crippen LogP contribution in [-0.2, 0) is 0 Å². The van der Waals surface area contributed by atoms with E-state index < -0.39 is 0 Å². The minimum atomic E-state index is 0.836. The van der Waals surface area contributed by atoms with E-state index in [-0.39, 0.29) is 0 Å². The molecule has 0 aliphatic heterocycles. The molecule has 5 rings (SSSR count). The fourth-order valence-corrected chi connectivity index (χ4v) is 4.00. The third-order valence-electron chi connectivity index (χ3n) is 4.01. The average Bonchev–Trinajstić information content (AvgIpc) is 2.99. The van der Waals surface area contributed by atoms with Crippen molar-refractivity contribution < 1.29 is 0 Å². The molecule has 0 atom stereocenters. The van der Waals surface area contributed by atoms with E-state index in [0.717, 1.165) is 27.1 Å². The zero-order chi connectivity index (χ0) is 15.2. The van der Waals surface area contributed by atoms with Crippen molar-refractivity contribution in [3.8, 4) is 11.4 Å². The predicted molar refractivity (Wildman–Crippen MR) is 95.7 cm³/mol. The Morgan fingerprint density at radius 2 is 1.70 bits per heavy atom. The molecule has 0 saturated carbocycles. The van der Waals surface area contributed by atoms with Gasteiger partial charge in [0.1, 0.15) is 10.5 Å². The standard InChI is InChI=1S/C19H11N3S/c1-2-6-16-13(5-1)14-7-8-15(22-19(14)23-16)18-17-12(9-11-21-18)4-3-10-20-17/h1-11H. The lowest BCUT2D eigenvalue weighted by Gasteiger charge is -2.04. The predicted octanol–water partition coefficient (Wildman–Crippen LogP) is 5.06. The number of benzene rings is 1. The third kappa shape index (κ3) is 1.92. The maximum Gasteiger partial charge on any atom is 0.125 e. The third-order valence-corrected chi connectivity index (χ3v) is 5.09. The number of nitrogens with zero attached hydrogens (tertiary/aromatic N) is 3. The number of fused-ring (bicyclic) bond motifs is 4. The van der Waals surface area contributed by atoms with Gasteiger partial charge in [0.15, 0.2) is 0 Å². The Morgan fingerprint density at radius 3 is 2.70 bits per heavy atom. The van der Waals surface area contributed by atoms with Crippen molar-refractivity contribution in [2.24, 2.45) is 0 Å². The van der Waals surface area contributed by atoms with Gasteiger partial charge in [0.05, 0.1) is 11.2 Å². The van der Waals surface area contributed by atoms with Crippen molar-refractivity contribution in [2.45, 2.75) is 0 Å². The minimum absolute atomic E-state index is 0.836. The van der Waals surface area contributed by atoms with E-state index in [0.29, 0.717) is 0 Å². The van der Waals surface area contributed by atoms with Gasteiger partial charge in [-0.1, -0.05) is 24.3 Å². The van der Waals surface area contributed by atoms with Crippen molar-refractivity contribution in [3.63, 3.8) is 0 Å². The first-order valence-corrected chi connectivity index (χ1v) is 8.20. The van der Waals surface area contributed by atoms with Crippen molar-refractivity contribution in [1.82, 2.24) is 15.0 Å². The SMILES string of the molecule is c1cnc2c(-c3ccc4c(n3)sc3ccccc34)nccc2c1. The molecule has 108 valence electrons. The topological polar surface area (TPSA) is 38.7 Å². The van der Waals surface area contributed by atoms with Crippen molar-refractivity contribution in [3.05, 3.63) is 67.0 Å². The second-order valence-electron chi connectivity index (χ2n) is 5.38. The van der Waals surface area contributed by atoms with E-state index in [9.17, 15) is 0 Å². The smallest absolute Gasteiger partial charge is 0.125 e. The van der Waals surface area contributed by atoms with E-state index in [1.165, 1.54) is 15.5 Å². The first-order valence-electron chi connectivity index (χ1n) is 7.38. The molecule has 5 aromatic rings. The highest BCUT2D eigenvalue weighted by Gasteiger charge is 2.11. The Kier molecular flexibility index (Phi) is 2.66. The summed E-state index contributed by atoms with van der Waals surface area (Å²) in [7, 11) is 0. The number of hydrogen-bond donors (Lipinski definition) is 0. The molecule has 4 aromatic heterocycles. The lowest BCUT2D eigenvalue weighted by Crippen LogP contribution is -1.90. The van der Waals surface area contributed by atoms with Crippen molar-refractivity contribution in [2.75, 3.05) is 0 Å². The molecule has 0 radical (unpaired) electrons. The van der Waals surface area contributed by atoms with Crippen LogP contribution in [0.15, 0.2) is 67.0 Å². The largest absolute Gasteiger partial charge is 0.254 e. The van der Waals surface area contributed by atoms with Crippen LogP contribution in [0.25, 0.3) is 42.6 Å². The van der Waals surface area contributed by atoms with Crippen LogP contribution in [0.2, 0.25) is 0 Å². The van der Waals surface area contributed by atoms with Gasteiger partial charge in [-0.25, -0.2) is 4.98 Å². The zero-order valence-corrected chi connectivity index (χ0v) is 12.9. The molecule has 4 heteroatoms. The fraction of sp³-hybridized carbons (Fsp3) is 0. The highest BCUT2D eigenvalue weighted by Crippen LogP contribution is 2.34. The normalized spacial score (nSPS) is 11.5. The van der Waals surface area contributed by atoms with Crippen LogP contribution < -0.4 is 0 Å². The van der Waals surface area contributed by atoms with Gasteiger partial charge in [-0.2, -0.15) is 0 Å². The lowest BCUT2D eigenvalue weighted by atomic mass is 10.1. The molecule has 0 spiro atoms. The summed E-state index contributed by atoms with van der Waals surface area (Å²) in [5.74, 6) is 0. The monoisotopic (exact) mass is 313 g/mol. The Labute approximate surface area is 136 Å². The molecule has 0 bridgehead atoms. The van der Waals surface area contributed by atoms with Gasteiger partial charge >= 0.3 is 0 Å². The van der Waals surface area contributed by atoms with Gasteiger partial charge in [0.2, 0.25) is 0 Å². The van der Waals surface area contributed by atoms with Crippen LogP contribution in [0.4, 0.5) is 0 Å². The second kappa shape index (κ2) is 4.83. The first kappa shape index (κ1) is 12.7. The molecule has 4 heterocycles. The number of thiophene rings is 1. The number of aromatic nitrogens is 3. The van der Waals surface area contributed by atoms with Crippen LogP contribution >= 0.6 is 11.3 Å². The van der Waals surface area contributed by atoms with Crippen LogP contribution in [0.5, 0.6) is 0 Å². The summed E-state index contributed by atoms with van der Waals surface area (Å²) in [6.45, 7) is 0. The summed E-state index contributed by atoms with van der Waals surface area (Å²) < 4.78 is 1.26. The van der Waals surface area contributed by atoms with E-state index in [1.54, 1.807) is 17.5 Å². The highest BCUT2D eigenvalue weighted by molar-refractivity contribution is 7.25. The Hall–Kier alpha value is -2.85. The summed E-state index contributed by atoms with van der Waals surface area (Å²) in [4.78, 5) is 14.9. The minimum Gasteiger partial charge on any atom is -0.254 e. The number of hydrogen-bond acceptors (Lipinski definition) is 4. The number of rotatable bonds is 1. The maximum absolute atomic E-state index is 4.85. The van der Waals surface area contributed by atoms with E-state index in [2.05, 4.69) is 40.3 Å². The Morgan fingerprint density at radius 1 is 0.739 bits per heavy atom. The summed E-state index contributed by atoms with van der Waals surface area (Å²) in [6, 6.07) is 18.6. The molecular formula is C19H11N3S. The molecule has 0 amide bonds. The Bertz CT molecular complexity index is 1170. The molecule has 0 N–H and O–H groups in total. The average molecular weight is 313 g/mol. The molecule has 0 saturated heterocycles. The molecule has 0 fully saturated rings. The summed E-state index contributed by atoms with van der Waals surface area (Å²) in [5, 5.41) is 3.54. The van der Waals surface area contributed by atoms with Crippen LogP contribution in [0, 0.1) is 0 Å². The van der Waals surface area contributed by atoms with Crippen LogP contribution in [0.1, 0.15) is 0 Å². The molecular weight excluding hydrogens is 302 g/mol. The van der Waals surface area contributed by atoms with Crippen LogP contribution in [0.3, 0.4) is 0 Å². The second-order valence-corrected chi connectivity index (χ2v) is 6.41. The van der Waals surface area contributed by atoms with Gasteiger partial charge < -0.3 is 0 Å². The molecule has 3 nitrogen and oxygen atoms in total. The van der Waals surface area contributed by atoms with Crippen LogP contribution in [-0.4, -0.2) is 15.0 Å². The van der Waals surface area contributed by atoms with E-state index in [1.807, 2.05) is 30.5 Å². The van der Waals surface area contributed by atoms with Gasteiger partial charge in [-0.15, -0.1) is 11.3 Å². The summed E-state index contributed by atoms with van der Waals surface area (Å²) >= 11 is 1.72. The highest BCUT2D eigenvalue weighted by atomic mass is 32.1. The van der Waals surface area contributed by atoms with E-state index in [4.69, 9.17) is 4.98 Å². The lowest BCUT2D eigenvalue weighted by molar-refractivity contribution is 1.28. The quantitative estimate of drug-likeness (QED) is 0.434. The molecule has 23 heavy (non-hydrogen) atoms. The Balaban J connectivity index is 1.81. The summed E-state index contributed by atoms with van der Waals surface area (Å²) in [5.41, 5.74) is 2.60. The zero-order valence-electron chi connectivity index (χ0n) is 12.1. The maximum atomic E-state index is 4.85. The molecule has 0 aliphatic rings. The first-order chi connectivity index (χ1) is 11.4. The number of pyridine rings is 3. The van der Waals surface area contributed by atoms with Crippen molar-refractivity contribution in [1.29, 1.82) is 0 Å². The van der Waals surface area contributed by atoms with Gasteiger partial charge in [0, 0.05) is 33.3 Å². The van der Waals surface area contributed by atoms with Gasteiger partial charge in [-0.3, -0.25) is 9.97 Å².